The molecule has 7 nitrogen and oxygen atoms in total. The SMILES string of the molecule is CN(C(=O)CN1CCN(CCCc2nc(-c3cccs3)no2)CC1)c1ccccc1. The van der Waals surface area contributed by atoms with Gasteiger partial charge in [0.15, 0.2) is 0 Å². The number of amides is 1. The third-order valence-corrected chi connectivity index (χ3v) is 6.28. The summed E-state index contributed by atoms with van der Waals surface area (Å²) in [7, 11) is 1.84. The highest BCUT2D eigenvalue weighted by molar-refractivity contribution is 7.13. The fourth-order valence-electron chi connectivity index (χ4n) is 3.58. The monoisotopic (exact) mass is 425 g/mol. The van der Waals surface area contributed by atoms with Gasteiger partial charge in [0.05, 0.1) is 11.4 Å². The summed E-state index contributed by atoms with van der Waals surface area (Å²) in [4.78, 5) is 24.5. The number of rotatable bonds is 8. The van der Waals surface area contributed by atoms with Gasteiger partial charge in [0.2, 0.25) is 17.6 Å². The Morgan fingerprint density at radius 1 is 1.10 bits per heavy atom. The van der Waals surface area contributed by atoms with Crippen molar-refractivity contribution >= 4 is 22.9 Å². The molecule has 1 aliphatic rings. The fourth-order valence-corrected chi connectivity index (χ4v) is 4.23. The molecular formula is C22H27N5O2S. The van der Waals surface area contributed by atoms with Crippen LogP contribution in [0.5, 0.6) is 0 Å². The molecule has 3 aromatic rings. The summed E-state index contributed by atoms with van der Waals surface area (Å²) in [6.45, 7) is 5.25. The number of likely N-dealkylation sites (N-methyl/N-ethyl adjacent to an activating group) is 1. The molecule has 3 heterocycles. The van der Waals surface area contributed by atoms with Gasteiger partial charge in [-0.05, 0) is 36.5 Å². The van der Waals surface area contributed by atoms with Gasteiger partial charge in [-0.3, -0.25) is 9.69 Å². The largest absolute Gasteiger partial charge is 0.339 e. The van der Waals surface area contributed by atoms with E-state index in [1.54, 1.807) is 16.2 Å². The number of hydrogen-bond donors (Lipinski definition) is 0. The fraction of sp³-hybridized carbons (Fsp3) is 0.409. The Kier molecular flexibility index (Phi) is 6.88. The topological polar surface area (TPSA) is 65.7 Å². The number of carbonyl (C=O) groups is 1. The second-order valence-electron chi connectivity index (χ2n) is 7.50. The number of thiophene rings is 1. The zero-order valence-corrected chi connectivity index (χ0v) is 18.1. The Balaban J connectivity index is 1.16. The Morgan fingerprint density at radius 3 is 2.60 bits per heavy atom. The first-order valence-corrected chi connectivity index (χ1v) is 11.2. The maximum atomic E-state index is 12.6. The van der Waals surface area contributed by atoms with Gasteiger partial charge in [0.25, 0.3) is 0 Å². The standard InChI is InChI=1S/C22H27N5O2S/c1-25(18-7-3-2-4-8-18)21(28)17-27-14-12-26(13-15-27)11-5-10-20-23-22(24-29-20)19-9-6-16-30-19/h2-4,6-9,16H,5,10-15,17H2,1H3. The zero-order chi connectivity index (χ0) is 20.8. The Morgan fingerprint density at radius 2 is 1.87 bits per heavy atom. The van der Waals surface area contributed by atoms with Crippen molar-refractivity contribution in [3.05, 3.63) is 53.7 Å². The lowest BCUT2D eigenvalue weighted by Gasteiger charge is -2.35. The van der Waals surface area contributed by atoms with Crippen LogP contribution in [0.1, 0.15) is 12.3 Å². The number of anilines is 1. The van der Waals surface area contributed by atoms with Crippen LogP contribution in [0.3, 0.4) is 0 Å². The van der Waals surface area contributed by atoms with Gasteiger partial charge in [-0.25, -0.2) is 0 Å². The number of nitrogens with zero attached hydrogens (tertiary/aromatic N) is 5. The molecule has 1 saturated heterocycles. The van der Waals surface area contributed by atoms with Crippen LogP contribution in [0, 0.1) is 0 Å². The summed E-state index contributed by atoms with van der Waals surface area (Å²) in [6, 6.07) is 13.8. The minimum Gasteiger partial charge on any atom is -0.339 e. The molecular weight excluding hydrogens is 398 g/mol. The van der Waals surface area contributed by atoms with Crippen LogP contribution in [-0.2, 0) is 11.2 Å². The summed E-state index contributed by atoms with van der Waals surface area (Å²) < 4.78 is 5.37. The van der Waals surface area contributed by atoms with E-state index in [0.717, 1.165) is 56.1 Å². The smallest absolute Gasteiger partial charge is 0.240 e. The average Bonchev–Trinajstić information content (AvgIpc) is 3.47. The second-order valence-corrected chi connectivity index (χ2v) is 8.45. The van der Waals surface area contributed by atoms with Crippen LogP contribution in [0.2, 0.25) is 0 Å². The lowest BCUT2D eigenvalue weighted by atomic mass is 10.2. The van der Waals surface area contributed by atoms with E-state index in [1.165, 1.54) is 0 Å². The summed E-state index contributed by atoms with van der Waals surface area (Å²) in [6.07, 6.45) is 1.78. The number of aromatic nitrogens is 2. The first-order chi connectivity index (χ1) is 14.7. The van der Waals surface area contributed by atoms with Gasteiger partial charge in [-0.15, -0.1) is 11.3 Å². The number of benzene rings is 1. The Hall–Kier alpha value is -2.55. The molecule has 0 spiro atoms. The van der Waals surface area contributed by atoms with Crippen molar-refractivity contribution in [1.82, 2.24) is 19.9 Å². The predicted octanol–water partition coefficient (Wildman–Crippen LogP) is 3.01. The molecule has 0 N–H and O–H groups in total. The van der Waals surface area contributed by atoms with E-state index >= 15 is 0 Å². The number of piperazine rings is 1. The third kappa shape index (κ3) is 5.33. The van der Waals surface area contributed by atoms with E-state index in [1.807, 2.05) is 54.9 Å². The highest BCUT2D eigenvalue weighted by Gasteiger charge is 2.21. The van der Waals surface area contributed by atoms with E-state index < -0.39 is 0 Å². The number of aryl methyl sites for hydroxylation is 1. The van der Waals surface area contributed by atoms with E-state index in [2.05, 4.69) is 19.9 Å². The van der Waals surface area contributed by atoms with E-state index in [0.29, 0.717) is 18.3 Å². The molecule has 30 heavy (non-hydrogen) atoms. The van der Waals surface area contributed by atoms with Gasteiger partial charge in [0.1, 0.15) is 0 Å². The number of carbonyl (C=O) groups excluding carboxylic acids is 1. The molecule has 1 fully saturated rings. The summed E-state index contributed by atoms with van der Waals surface area (Å²) in [5.74, 6) is 1.51. The Bertz CT molecular complexity index is 920. The molecule has 158 valence electrons. The Labute approximate surface area is 180 Å². The van der Waals surface area contributed by atoms with Crippen molar-refractivity contribution in [3.8, 4) is 10.7 Å². The van der Waals surface area contributed by atoms with E-state index in [9.17, 15) is 4.79 Å². The number of para-hydroxylation sites is 1. The zero-order valence-electron chi connectivity index (χ0n) is 17.2. The molecule has 0 saturated carbocycles. The summed E-state index contributed by atoms with van der Waals surface area (Å²) in [5.41, 5.74) is 0.935. The van der Waals surface area contributed by atoms with Gasteiger partial charge in [-0.1, -0.05) is 29.4 Å². The van der Waals surface area contributed by atoms with E-state index in [-0.39, 0.29) is 5.91 Å². The first kappa shape index (κ1) is 20.7. The minimum atomic E-state index is 0.132. The van der Waals surface area contributed by atoms with Crippen molar-refractivity contribution in [2.75, 3.05) is 51.2 Å². The molecule has 1 amide bonds. The highest BCUT2D eigenvalue weighted by Crippen LogP contribution is 2.21. The van der Waals surface area contributed by atoms with Crippen molar-refractivity contribution in [3.63, 3.8) is 0 Å². The maximum Gasteiger partial charge on any atom is 0.240 e. The van der Waals surface area contributed by atoms with E-state index in [4.69, 9.17) is 4.52 Å². The molecule has 0 atom stereocenters. The number of hydrogen-bond acceptors (Lipinski definition) is 7. The van der Waals surface area contributed by atoms with Crippen LogP contribution < -0.4 is 4.90 Å². The summed E-state index contributed by atoms with van der Waals surface area (Å²) >= 11 is 1.62. The maximum absolute atomic E-state index is 12.6. The lowest BCUT2D eigenvalue weighted by molar-refractivity contribution is -0.119. The van der Waals surface area contributed by atoms with Crippen LogP contribution >= 0.6 is 11.3 Å². The molecule has 1 aromatic carbocycles. The third-order valence-electron chi connectivity index (χ3n) is 5.42. The van der Waals surface area contributed by atoms with Gasteiger partial charge in [0, 0.05) is 45.3 Å². The van der Waals surface area contributed by atoms with Gasteiger partial charge >= 0.3 is 0 Å². The van der Waals surface area contributed by atoms with Crippen LogP contribution in [0.25, 0.3) is 10.7 Å². The van der Waals surface area contributed by atoms with Crippen LogP contribution in [0.15, 0.2) is 52.4 Å². The lowest BCUT2D eigenvalue weighted by Crippen LogP contribution is -2.49. The van der Waals surface area contributed by atoms with Crippen molar-refractivity contribution in [2.24, 2.45) is 0 Å². The summed E-state index contributed by atoms with van der Waals surface area (Å²) in [5, 5.41) is 6.08. The van der Waals surface area contributed by atoms with Crippen molar-refractivity contribution in [2.45, 2.75) is 12.8 Å². The van der Waals surface area contributed by atoms with Crippen LogP contribution in [0.4, 0.5) is 5.69 Å². The molecule has 0 bridgehead atoms. The highest BCUT2D eigenvalue weighted by atomic mass is 32.1. The molecule has 0 radical (unpaired) electrons. The van der Waals surface area contributed by atoms with Crippen molar-refractivity contribution < 1.29 is 9.32 Å². The van der Waals surface area contributed by atoms with Crippen LogP contribution in [-0.4, -0.2) is 72.2 Å². The minimum absolute atomic E-state index is 0.132. The quantitative estimate of drug-likeness (QED) is 0.553. The molecule has 1 aliphatic heterocycles. The molecule has 0 unspecified atom stereocenters. The molecule has 0 aliphatic carbocycles. The molecule has 8 heteroatoms. The second kappa shape index (κ2) is 9.97. The van der Waals surface area contributed by atoms with Gasteiger partial charge < -0.3 is 14.3 Å². The normalized spacial score (nSPS) is 15.4. The molecule has 2 aromatic heterocycles. The van der Waals surface area contributed by atoms with Gasteiger partial charge in [-0.2, -0.15) is 4.98 Å². The molecule has 4 rings (SSSR count). The predicted molar refractivity (Wildman–Crippen MR) is 119 cm³/mol. The first-order valence-electron chi connectivity index (χ1n) is 10.3. The average molecular weight is 426 g/mol. The van der Waals surface area contributed by atoms with Crippen molar-refractivity contribution in [1.29, 1.82) is 0 Å².